The quantitative estimate of drug-likeness (QED) is 0.825. The summed E-state index contributed by atoms with van der Waals surface area (Å²) in [6.07, 6.45) is -5.12. The molecule has 1 fully saturated rings. The summed E-state index contributed by atoms with van der Waals surface area (Å²) in [5, 5.41) is 2.75. The van der Waals surface area contributed by atoms with Crippen molar-refractivity contribution in [2.75, 3.05) is 7.05 Å². The first-order valence-corrected chi connectivity index (χ1v) is 7.92. The number of sulfonamides is 1. The van der Waals surface area contributed by atoms with Gasteiger partial charge in [-0.3, -0.25) is 0 Å². The van der Waals surface area contributed by atoms with Gasteiger partial charge >= 0.3 is 6.18 Å². The Bertz CT molecular complexity index is 608. The van der Waals surface area contributed by atoms with Crippen LogP contribution in [0.1, 0.15) is 18.6 Å². The van der Waals surface area contributed by atoms with Gasteiger partial charge in [-0.15, -0.1) is 0 Å². The van der Waals surface area contributed by atoms with Gasteiger partial charge in [-0.05, 0) is 35.8 Å². The van der Waals surface area contributed by atoms with E-state index in [0.29, 0.717) is 5.76 Å². The van der Waals surface area contributed by atoms with Gasteiger partial charge in [-0.25, -0.2) is 8.42 Å². The molecule has 10 heteroatoms. The number of halogens is 4. The Morgan fingerprint density at radius 2 is 2.05 bits per heavy atom. The molecule has 1 saturated carbocycles. The summed E-state index contributed by atoms with van der Waals surface area (Å²) in [5.74, 6) is 0.302. The number of hydrogen-bond acceptors (Lipinski definition) is 4. The molecule has 0 atom stereocenters. The zero-order valence-electron chi connectivity index (χ0n) is 10.3. The van der Waals surface area contributed by atoms with Crippen molar-refractivity contribution in [3.05, 3.63) is 16.5 Å². The average Bonchev–Trinajstić information content (AvgIpc) is 2.96. The molecule has 5 nitrogen and oxygen atoms in total. The predicted octanol–water partition coefficient (Wildman–Crippen LogP) is 2.13. The van der Waals surface area contributed by atoms with Crippen molar-refractivity contribution < 1.29 is 26.0 Å². The zero-order valence-corrected chi connectivity index (χ0v) is 12.7. The molecule has 1 aromatic rings. The summed E-state index contributed by atoms with van der Waals surface area (Å²) < 4.78 is 69.2. The van der Waals surface area contributed by atoms with Gasteiger partial charge in [0.05, 0.1) is 6.54 Å². The molecule has 0 aliphatic heterocycles. The zero-order chi connectivity index (χ0) is 15.2. The highest BCUT2D eigenvalue weighted by molar-refractivity contribution is 9.10. The fourth-order valence-corrected chi connectivity index (χ4v) is 4.17. The van der Waals surface area contributed by atoms with Crippen molar-refractivity contribution in [3.63, 3.8) is 0 Å². The van der Waals surface area contributed by atoms with Crippen LogP contribution < -0.4 is 10.0 Å². The van der Waals surface area contributed by atoms with Gasteiger partial charge in [0, 0.05) is 6.07 Å². The minimum absolute atomic E-state index is 0.117. The summed E-state index contributed by atoms with van der Waals surface area (Å²) in [6.45, 7) is 0.262. The fourth-order valence-electron chi connectivity index (χ4n) is 1.72. The molecule has 0 spiro atoms. The highest BCUT2D eigenvalue weighted by atomic mass is 79.9. The third kappa shape index (κ3) is 2.87. The van der Waals surface area contributed by atoms with E-state index in [1.54, 1.807) is 11.8 Å². The van der Waals surface area contributed by atoms with Crippen LogP contribution in [0, 0.1) is 0 Å². The van der Waals surface area contributed by atoms with E-state index in [9.17, 15) is 21.6 Å². The molecule has 2 N–H and O–H groups in total. The Balaban J connectivity index is 2.28. The molecule has 1 aliphatic carbocycles. The lowest BCUT2D eigenvalue weighted by atomic mass is 10.3. The van der Waals surface area contributed by atoms with Crippen molar-refractivity contribution in [1.29, 1.82) is 0 Å². The lowest BCUT2D eigenvalue weighted by Gasteiger charge is -2.20. The van der Waals surface area contributed by atoms with Crippen LogP contribution in [-0.4, -0.2) is 27.2 Å². The number of rotatable bonds is 5. The van der Waals surface area contributed by atoms with E-state index < -0.39 is 21.7 Å². The molecule has 0 saturated heterocycles. The summed E-state index contributed by atoms with van der Waals surface area (Å²) in [5.41, 5.74) is -2.34. The Morgan fingerprint density at radius 3 is 2.50 bits per heavy atom. The predicted molar refractivity (Wildman–Crippen MR) is 67.5 cm³/mol. The minimum atomic E-state index is -4.61. The number of nitrogens with one attached hydrogen (secondary N) is 2. The SMILES string of the molecule is CNCc1cc(S(=O)(=O)NC2(C(F)(F)F)CC2)c(Br)o1. The average molecular weight is 377 g/mol. The van der Waals surface area contributed by atoms with Crippen molar-refractivity contribution in [2.45, 2.75) is 36.0 Å². The summed E-state index contributed by atoms with van der Waals surface area (Å²) in [6, 6.07) is 1.19. The molecular weight excluding hydrogens is 365 g/mol. The molecule has 1 aromatic heterocycles. The highest BCUT2D eigenvalue weighted by Crippen LogP contribution is 2.50. The lowest BCUT2D eigenvalue weighted by molar-refractivity contribution is -0.160. The van der Waals surface area contributed by atoms with E-state index in [1.165, 1.54) is 6.07 Å². The molecule has 1 aliphatic rings. The van der Waals surface area contributed by atoms with Crippen LogP contribution in [0.3, 0.4) is 0 Å². The summed E-state index contributed by atoms with van der Waals surface area (Å²) in [7, 11) is -2.67. The molecular formula is C10H12BrF3N2O3S. The standard InChI is InChI=1S/C10H12BrF3N2O3S/c1-15-5-6-4-7(8(11)19-6)20(17,18)16-9(2-3-9)10(12,13)14/h4,15-16H,2-3,5H2,1H3. The van der Waals surface area contributed by atoms with Gasteiger partial charge in [0.15, 0.2) is 4.67 Å². The molecule has 0 amide bonds. The summed E-state index contributed by atoms with van der Waals surface area (Å²) in [4.78, 5) is -0.335. The van der Waals surface area contributed by atoms with E-state index >= 15 is 0 Å². The van der Waals surface area contributed by atoms with Gasteiger partial charge in [-0.2, -0.15) is 17.9 Å². The first kappa shape index (κ1) is 15.8. The third-order valence-corrected chi connectivity index (χ3v) is 5.36. The number of hydrogen-bond donors (Lipinski definition) is 2. The van der Waals surface area contributed by atoms with Crippen LogP contribution in [0.4, 0.5) is 13.2 Å². The van der Waals surface area contributed by atoms with Crippen LogP contribution in [0.5, 0.6) is 0 Å². The Labute approximate surface area is 122 Å². The van der Waals surface area contributed by atoms with E-state index in [1.807, 2.05) is 0 Å². The maximum atomic E-state index is 12.8. The van der Waals surface area contributed by atoms with Crippen LogP contribution in [0.25, 0.3) is 0 Å². The van der Waals surface area contributed by atoms with Gasteiger partial charge in [0.2, 0.25) is 10.0 Å². The van der Waals surface area contributed by atoms with Gasteiger partial charge < -0.3 is 9.73 Å². The second kappa shape index (κ2) is 5.00. The maximum Gasteiger partial charge on any atom is 0.407 e. The largest absolute Gasteiger partial charge is 0.452 e. The molecule has 2 rings (SSSR count). The Hall–Kier alpha value is -0.580. The topological polar surface area (TPSA) is 71.3 Å². The normalized spacial score (nSPS) is 18.2. The monoisotopic (exact) mass is 376 g/mol. The summed E-state index contributed by atoms with van der Waals surface area (Å²) >= 11 is 2.91. The first-order valence-electron chi connectivity index (χ1n) is 5.65. The third-order valence-electron chi connectivity index (χ3n) is 2.97. The molecule has 0 unspecified atom stereocenters. The van der Waals surface area contributed by atoms with Crippen molar-refractivity contribution in [2.24, 2.45) is 0 Å². The van der Waals surface area contributed by atoms with Crippen LogP contribution in [-0.2, 0) is 16.6 Å². The van der Waals surface area contributed by atoms with Crippen molar-refractivity contribution in [1.82, 2.24) is 10.0 Å². The molecule has 1 heterocycles. The second-order valence-electron chi connectivity index (χ2n) is 4.57. The maximum absolute atomic E-state index is 12.8. The highest BCUT2D eigenvalue weighted by Gasteiger charge is 2.65. The van der Waals surface area contributed by atoms with Crippen molar-refractivity contribution in [3.8, 4) is 0 Å². The first-order chi connectivity index (χ1) is 9.11. The lowest BCUT2D eigenvalue weighted by Crippen LogP contribution is -2.47. The van der Waals surface area contributed by atoms with Crippen LogP contribution in [0.2, 0.25) is 0 Å². The minimum Gasteiger partial charge on any atom is -0.452 e. The Morgan fingerprint density at radius 1 is 1.45 bits per heavy atom. The van der Waals surface area contributed by atoms with Crippen molar-refractivity contribution >= 4 is 26.0 Å². The van der Waals surface area contributed by atoms with Gasteiger partial charge in [0.25, 0.3) is 0 Å². The number of furan rings is 1. The Kier molecular flexibility index (Phi) is 3.95. The van der Waals surface area contributed by atoms with Crippen LogP contribution in [0.15, 0.2) is 20.0 Å². The number of alkyl halides is 3. The van der Waals surface area contributed by atoms with E-state index in [0.717, 1.165) is 0 Å². The molecule has 0 bridgehead atoms. The smallest absolute Gasteiger partial charge is 0.407 e. The molecule has 0 aromatic carbocycles. The molecule has 114 valence electrons. The van der Waals surface area contributed by atoms with E-state index in [4.69, 9.17) is 4.42 Å². The van der Waals surface area contributed by atoms with Gasteiger partial charge in [0.1, 0.15) is 16.2 Å². The molecule has 20 heavy (non-hydrogen) atoms. The van der Waals surface area contributed by atoms with E-state index in [2.05, 4.69) is 21.2 Å². The van der Waals surface area contributed by atoms with Gasteiger partial charge in [-0.1, -0.05) is 0 Å². The molecule has 0 radical (unpaired) electrons. The van der Waals surface area contributed by atoms with Crippen LogP contribution >= 0.6 is 15.9 Å². The van der Waals surface area contributed by atoms with E-state index in [-0.39, 0.29) is 29.0 Å². The fraction of sp³-hybridized carbons (Fsp3) is 0.600. The second-order valence-corrected chi connectivity index (χ2v) is 6.94.